The molecular weight excluding hydrogens is 79.3 g/mol. The van der Waals surface area contributed by atoms with Crippen molar-refractivity contribution in [3.63, 3.8) is 0 Å². The minimum Gasteiger partial charge on any atom is -1.00 e. The summed E-state index contributed by atoms with van der Waals surface area (Å²) in [5.41, 5.74) is 0. The van der Waals surface area contributed by atoms with E-state index in [1.54, 1.807) is 0 Å². The predicted molar refractivity (Wildman–Crippen MR) is 28.3 cm³/mol. The van der Waals surface area contributed by atoms with Crippen molar-refractivity contribution >= 4 is 40.4 Å². The van der Waals surface area contributed by atoms with E-state index in [1.165, 1.54) is 0 Å². The van der Waals surface area contributed by atoms with E-state index in [0.717, 1.165) is 0 Å². The third-order valence-electron chi connectivity index (χ3n) is 0. The predicted octanol–water partition coefficient (Wildman–Crippen LogP) is -1.53. The van der Waals surface area contributed by atoms with Crippen LogP contribution in [0.5, 0.6) is 0 Å². The Morgan fingerprint density at radius 1 is 1.25 bits per heavy atom. The SMILES string of the molecule is C.O.[AlH3].[H-].[H-].[Mg+2]. The average molecular weight is 90.4 g/mol. The van der Waals surface area contributed by atoms with E-state index in [-0.39, 0.29) is 56.2 Å². The molecule has 0 bridgehead atoms. The summed E-state index contributed by atoms with van der Waals surface area (Å²) in [7, 11) is 0. The maximum Gasteiger partial charge on any atom is 2.00 e. The molecule has 0 atom stereocenters. The summed E-state index contributed by atoms with van der Waals surface area (Å²) in [6, 6.07) is 0. The van der Waals surface area contributed by atoms with Gasteiger partial charge in [0.15, 0.2) is 17.4 Å². The smallest absolute Gasteiger partial charge is 1.00 e. The second-order valence-electron chi connectivity index (χ2n) is 0. The van der Waals surface area contributed by atoms with Gasteiger partial charge in [-0.05, 0) is 0 Å². The van der Waals surface area contributed by atoms with Gasteiger partial charge in [0, 0.05) is 0 Å². The maximum absolute atomic E-state index is 0. The standard InChI is InChI=1S/CH4.Al.Mg.H2O.5H/h1H4;;;1H2;;;;;/q;;+2;;;;;2*-1. The molecule has 2 N–H and O–H groups in total. The molecule has 0 aromatic rings. The van der Waals surface area contributed by atoms with Crippen molar-refractivity contribution in [2.45, 2.75) is 7.43 Å². The average Bonchev–Trinajstić information content (AvgIpc) is 0. The van der Waals surface area contributed by atoms with Gasteiger partial charge in [0.2, 0.25) is 0 Å². The molecule has 3 heteroatoms. The molecule has 26 valence electrons. The molecule has 0 aromatic carbocycles. The van der Waals surface area contributed by atoms with E-state index in [2.05, 4.69) is 0 Å². The van der Waals surface area contributed by atoms with Crippen molar-refractivity contribution in [2.24, 2.45) is 0 Å². The number of hydrogen-bond acceptors (Lipinski definition) is 0. The number of hydrogen-bond donors (Lipinski definition) is 0. The monoisotopic (exact) mass is 90.0 g/mol. The summed E-state index contributed by atoms with van der Waals surface area (Å²) in [6.07, 6.45) is 0. The molecule has 0 aliphatic carbocycles. The van der Waals surface area contributed by atoms with E-state index < -0.39 is 0 Å². The molecule has 0 saturated heterocycles. The number of rotatable bonds is 0. The molecule has 0 unspecified atom stereocenters. The summed E-state index contributed by atoms with van der Waals surface area (Å²) in [5, 5.41) is 0. The fraction of sp³-hybridized carbons (Fsp3) is 1.00. The molecule has 0 saturated carbocycles. The van der Waals surface area contributed by atoms with Gasteiger partial charge in [-0.2, -0.15) is 0 Å². The zero-order valence-corrected chi connectivity index (χ0v) is 2.62. The van der Waals surface area contributed by atoms with Crippen LogP contribution in [0.2, 0.25) is 0 Å². The topological polar surface area (TPSA) is 31.5 Å². The van der Waals surface area contributed by atoms with E-state index >= 15 is 0 Å². The Morgan fingerprint density at radius 2 is 1.25 bits per heavy atom. The van der Waals surface area contributed by atoms with Gasteiger partial charge in [-0.15, -0.1) is 0 Å². The Bertz CT molecular complexity index is 13.5. The molecule has 0 amide bonds. The fourth-order valence-electron chi connectivity index (χ4n) is 0. The van der Waals surface area contributed by atoms with Gasteiger partial charge < -0.3 is 8.33 Å². The van der Waals surface area contributed by atoms with Crippen LogP contribution in [0.15, 0.2) is 0 Å². The molecule has 0 fully saturated rings. The van der Waals surface area contributed by atoms with Crippen molar-refractivity contribution in [1.82, 2.24) is 0 Å². The molecule has 0 aliphatic rings. The van der Waals surface area contributed by atoms with Gasteiger partial charge >= 0.3 is 23.1 Å². The van der Waals surface area contributed by atoms with Crippen LogP contribution >= 0.6 is 0 Å². The zero-order chi connectivity index (χ0) is 0. The van der Waals surface area contributed by atoms with E-state index in [1.807, 2.05) is 0 Å². The first-order valence-electron chi connectivity index (χ1n) is 0. The summed E-state index contributed by atoms with van der Waals surface area (Å²) in [4.78, 5) is 0. The van der Waals surface area contributed by atoms with Gasteiger partial charge in [0.1, 0.15) is 0 Å². The Kier molecular flexibility index (Phi) is 430. The van der Waals surface area contributed by atoms with Crippen LogP contribution in [0.4, 0.5) is 0 Å². The fourth-order valence-corrected chi connectivity index (χ4v) is 0. The van der Waals surface area contributed by atoms with Crippen molar-refractivity contribution in [1.29, 1.82) is 0 Å². The van der Waals surface area contributed by atoms with Crippen molar-refractivity contribution in [3.8, 4) is 0 Å². The second kappa shape index (κ2) is 28.5. The first kappa shape index (κ1) is 60.2. The summed E-state index contributed by atoms with van der Waals surface area (Å²) < 4.78 is 0. The van der Waals surface area contributed by atoms with E-state index in [4.69, 9.17) is 0 Å². The van der Waals surface area contributed by atoms with Crippen LogP contribution in [0.25, 0.3) is 0 Å². The third kappa shape index (κ3) is 10.5. The third-order valence-corrected chi connectivity index (χ3v) is 0. The quantitative estimate of drug-likeness (QED) is 0.323. The minimum absolute atomic E-state index is 0. The molecule has 0 rings (SSSR count). The van der Waals surface area contributed by atoms with Crippen molar-refractivity contribution in [2.75, 3.05) is 0 Å². The zero-order valence-electron chi connectivity index (χ0n) is 3.21. The minimum atomic E-state index is 0. The molecule has 0 aliphatic heterocycles. The molecule has 0 radical (unpaired) electrons. The van der Waals surface area contributed by atoms with Crippen LogP contribution in [0.3, 0.4) is 0 Å². The van der Waals surface area contributed by atoms with Gasteiger partial charge in [-0.3, -0.25) is 0 Å². The van der Waals surface area contributed by atoms with Crippen molar-refractivity contribution in [3.05, 3.63) is 0 Å². The second-order valence-corrected chi connectivity index (χ2v) is 0. The van der Waals surface area contributed by atoms with Gasteiger partial charge in [0.05, 0.1) is 0 Å². The van der Waals surface area contributed by atoms with Crippen LogP contribution in [-0.2, 0) is 0 Å². The molecular formula is CH11AlMgO. The van der Waals surface area contributed by atoms with Crippen LogP contribution < -0.4 is 0 Å². The summed E-state index contributed by atoms with van der Waals surface area (Å²) >= 11 is 0. The Hall–Kier alpha value is 1.26. The van der Waals surface area contributed by atoms with Gasteiger partial charge in [-0.25, -0.2) is 0 Å². The first-order valence-corrected chi connectivity index (χ1v) is 0. The Labute approximate surface area is 56.3 Å². The maximum atomic E-state index is 0. The summed E-state index contributed by atoms with van der Waals surface area (Å²) in [5.74, 6) is 0. The summed E-state index contributed by atoms with van der Waals surface area (Å²) in [6.45, 7) is 0. The van der Waals surface area contributed by atoms with Crippen LogP contribution in [0.1, 0.15) is 10.3 Å². The van der Waals surface area contributed by atoms with Crippen LogP contribution in [-0.4, -0.2) is 45.9 Å². The first-order chi connectivity index (χ1) is 0. The Morgan fingerprint density at radius 3 is 1.25 bits per heavy atom. The van der Waals surface area contributed by atoms with Crippen molar-refractivity contribution < 1.29 is 8.33 Å². The molecule has 4 heavy (non-hydrogen) atoms. The largest absolute Gasteiger partial charge is 2.00 e. The molecule has 0 heterocycles. The molecule has 1 nitrogen and oxygen atoms in total. The molecule has 0 spiro atoms. The van der Waals surface area contributed by atoms with E-state index in [9.17, 15) is 0 Å². The van der Waals surface area contributed by atoms with Gasteiger partial charge in [-0.1, -0.05) is 7.43 Å². The normalized spacial score (nSPS) is 0. The van der Waals surface area contributed by atoms with Crippen LogP contribution in [0, 0.1) is 0 Å². The van der Waals surface area contributed by atoms with Gasteiger partial charge in [0.25, 0.3) is 0 Å². The van der Waals surface area contributed by atoms with E-state index in [0.29, 0.717) is 0 Å². The molecule has 0 aromatic heterocycles. The Balaban J connectivity index is 0.